The van der Waals surface area contributed by atoms with Gasteiger partial charge in [0.1, 0.15) is 0 Å². The van der Waals surface area contributed by atoms with Crippen molar-refractivity contribution in [3.8, 4) is 0 Å². The van der Waals surface area contributed by atoms with Crippen molar-refractivity contribution in [1.82, 2.24) is 0 Å². The van der Waals surface area contributed by atoms with Crippen LogP contribution >= 0.6 is 17.5 Å². The van der Waals surface area contributed by atoms with Gasteiger partial charge < -0.3 is 0 Å². The maximum Gasteiger partial charge on any atom is 0.00931 e. The van der Waals surface area contributed by atoms with Crippen molar-refractivity contribution in [2.75, 3.05) is 0 Å². The molecule has 0 aliphatic heterocycles. The minimum atomic E-state index is -1.48. The summed E-state index contributed by atoms with van der Waals surface area (Å²) < 4.78 is 0. The Morgan fingerprint density at radius 3 is 0.957 bits per heavy atom. The maximum atomic E-state index is 6.32. The van der Waals surface area contributed by atoms with E-state index >= 15 is 0 Å². The zero-order chi connectivity index (χ0) is 16.4. The van der Waals surface area contributed by atoms with E-state index < -0.39 is 5.24 Å². The van der Waals surface area contributed by atoms with E-state index in [2.05, 4.69) is 0 Å². The van der Waals surface area contributed by atoms with Crippen LogP contribution in [0.5, 0.6) is 0 Å². The van der Waals surface area contributed by atoms with E-state index in [4.69, 9.17) is 24.1 Å². The molecule has 0 aromatic heterocycles. The fourth-order valence-electron chi connectivity index (χ4n) is 4.61. The van der Waals surface area contributed by atoms with Gasteiger partial charge in [-0.15, -0.1) is 12.2 Å². The van der Waals surface area contributed by atoms with E-state index in [0.717, 1.165) is 11.3 Å². The van der Waals surface area contributed by atoms with Gasteiger partial charge in [-0.25, -0.2) is 0 Å². The van der Waals surface area contributed by atoms with E-state index in [-0.39, 0.29) is 0 Å². The summed E-state index contributed by atoms with van der Waals surface area (Å²) in [5.74, 6) is 0. The van der Waals surface area contributed by atoms with Crippen molar-refractivity contribution < 1.29 is 0 Å². The summed E-state index contributed by atoms with van der Waals surface area (Å²) in [6.45, 7) is 0. The summed E-state index contributed by atoms with van der Waals surface area (Å²) in [6, 6.07) is 0. The van der Waals surface area contributed by atoms with Crippen LogP contribution in [0.2, 0.25) is 0 Å². The lowest BCUT2D eigenvalue weighted by atomic mass is 10.0. The smallest absolute Gasteiger partial charge is 0.00931 e. The first-order chi connectivity index (χ1) is 11.2. The molecule has 0 amide bonds. The lowest BCUT2D eigenvalue weighted by molar-refractivity contribution is 0.494. The van der Waals surface area contributed by atoms with Crippen LogP contribution in [0, 0.1) is 0 Å². The van der Waals surface area contributed by atoms with Crippen molar-refractivity contribution in [3.05, 3.63) is 0 Å². The monoisotopic (exact) mass is 374 g/mol. The van der Waals surface area contributed by atoms with Crippen molar-refractivity contribution in [1.29, 1.82) is 0 Å². The third-order valence-corrected chi connectivity index (χ3v) is 13.1. The Morgan fingerprint density at radius 2 is 0.696 bits per heavy atom. The Hall–Kier alpha value is 1.00. The van der Waals surface area contributed by atoms with Crippen LogP contribution in [-0.4, -0.2) is 11.3 Å². The quantitative estimate of drug-likeness (QED) is 0.376. The Morgan fingerprint density at radius 1 is 0.478 bits per heavy atom. The molecule has 0 unspecified atom stereocenters. The van der Waals surface area contributed by atoms with Gasteiger partial charge in [0, 0.05) is 5.24 Å². The largest absolute Gasteiger partial charge is 0.140 e. The van der Waals surface area contributed by atoms with Gasteiger partial charge in [0.2, 0.25) is 0 Å². The molecule has 0 N–H and O–H groups in total. The van der Waals surface area contributed by atoms with Crippen LogP contribution in [0.25, 0.3) is 0 Å². The summed E-state index contributed by atoms with van der Waals surface area (Å²) in [6.07, 6.45) is 25.7. The molecule has 0 nitrogen and oxygen atoms in total. The minimum Gasteiger partial charge on any atom is -0.140 e. The molecule has 0 aromatic carbocycles. The molecule has 2 aliphatic carbocycles. The van der Waals surface area contributed by atoms with Crippen molar-refractivity contribution in [2.24, 2.45) is 0 Å². The molecule has 0 saturated heterocycles. The molecule has 2 aliphatic rings. The highest BCUT2D eigenvalue weighted by atomic mass is 32.9. The summed E-state index contributed by atoms with van der Waals surface area (Å²) in [5.41, 5.74) is 1.57. The molecule has 0 spiro atoms. The van der Waals surface area contributed by atoms with Crippen molar-refractivity contribution >= 4 is 29.3 Å². The van der Waals surface area contributed by atoms with E-state index in [1.165, 1.54) is 116 Å². The SMILES string of the molecule is S=P(S)(C1CCCCCCCCC1)C1CCCCCCCCC1. The number of thiol groups is 1. The molecule has 0 aromatic rings. The number of hydrogen-bond acceptors (Lipinski definition) is 1. The van der Waals surface area contributed by atoms with Gasteiger partial charge >= 0.3 is 0 Å². The van der Waals surface area contributed by atoms with Crippen molar-refractivity contribution in [3.63, 3.8) is 0 Å². The molecular weight excluding hydrogens is 335 g/mol. The molecule has 0 bridgehead atoms. The molecule has 3 heteroatoms. The topological polar surface area (TPSA) is 0 Å². The van der Waals surface area contributed by atoms with Crippen LogP contribution in [0.4, 0.5) is 0 Å². The van der Waals surface area contributed by atoms with Crippen LogP contribution in [0.3, 0.4) is 0 Å². The molecule has 0 radical (unpaired) electrons. The zero-order valence-electron chi connectivity index (χ0n) is 15.2. The number of rotatable bonds is 2. The second-order valence-corrected chi connectivity index (χ2v) is 15.5. The molecule has 0 heterocycles. The first-order valence-electron chi connectivity index (χ1n) is 10.5. The van der Waals surface area contributed by atoms with Gasteiger partial charge in [0.25, 0.3) is 0 Å². The van der Waals surface area contributed by atoms with E-state index in [1.807, 2.05) is 0 Å². The van der Waals surface area contributed by atoms with Crippen LogP contribution in [0.1, 0.15) is 116 Å². The lowest BCUT2D eigenvalue weighted by Gasteiger charge is -2.35. The van der Waals surface area contributed by atoms with Gasteiger partial charge in [0.05, 0.1) is 0 Å². The van der Waals surface area contributed by atoms with Gasteiger partial charge in [-0.05, 0) is 37.0 Å². The van der Waals surface area contributed by atoms with E-state index in [9.17, 15) is 0 Å². The molecule has 0 atom stereocenters. The molecular formula is C20H39PS2. The van der Waals surface area contributed by atoms with E-state index in [1.54, 1.807) is 0 Å². The predicted octanol–water partition coefficient (Wildman–Crippen LogP) is 8.10. The Balaban J connectivity index is 1.97. The molecule has 136 valence electrons. The molecule has 2 rings (SSSR count). The number of hydrogen-bond donors (Lipinski definition) is 1. The summed E-state index contributed by atoms with van der Waals surface area (Å²) in [4.78, 5) is 0. The highest BCUT2D eigenvalue weighted by molar-refractivity contribution is 8.63. The second-order valence-electron chi connectivity index (χ2n) is 8.08. The van der Waals surface area contributed by atoms with Crippen LogP contribution in [0.15, 0.2) is 0 Å². The first-order valence-corrected chi connectivity index (χ1v) is 14.6. The molecule has 23 heavy (non-hydrogen) atoms. The fraction of sp³-hybridized carbons (Fsp3) is 1.00. The van der Waals surface area contributed by atoms with Crippen LogP contribution < -0.4 is 0 Å². The van der Waals surface area contributed by atoms with Gasteiger partial charge in [0.15, 0.2) is 0 Å². The summed E-state index contributed by atoms with van der Waals surface area (Å²) in [5, 5.41) is -1.48. The maximum absolute atomic E-state index is 6.32. The average Bonchev–Trinajstić information content (AvgIpc) is 2.57. The zero-order valence-corrected chi connectivity index (χ0v) is 17.8. The average molecular weight is 375 g/mol. The molecule has 2 fully saturated rings. The highest BCUT2D eigenvalue weighted by Crippen LogP contribution is 2.65. The third-order valence-electron chi connectivity index (χ3n) is 6.20. The summed E-state index contributed by atoms with van der Waals surface area (Å²) in [7, 11) is 0. The summed E-state index contributed by atoms with van der Waals surface area (Å²) >= 11 is 11.6. The fourth-order valence-corrected chi connectivity index (χ4v) is 10.1. The highest BCUT2D eigenvalue weighted by Gasteiger charge is 2.32. The van der Waals surface area contributed by atoms with Gasteiger partial charge in [-0.1, -0.05) is 102 Å². The lowest BCUT2D eigenvalue weighted by Crippen LogP contribution is -2.17. The first kappa shape index (κ1) is 20.3. The Kier molecular flexibility index (Phi) is 10.2. The predicted molar refractivity (Wildman–Crippen MR) is 114 cm³/mol. The molecule has 2 saturated carbocycles. The van der Waals surface area contributed by atoms with Crippen molar-refractivity contribution in [2.45, 2.75) is 127 Å². The standard InChI is InChI=1S/C20H39PS2/c22-21(23,19-15-11-7-3-1-4-8-12-16-19)20-17-13-9-5-2-6-10-14-18-20/h19-20H,1-18H2,(H,22,23). The third kappa shape index (κ3) is 7.41. The Labute approximate surface area is 156 Å². The Bertz CT molecular complexity index is 306. The van der Waals surface area contributed by atoms with Crippen LogP contribution in [-0.2, 0) is 11.8 Å². The second kappa shape index (κ2) is 11.6. The van der Waals surface area contributed by atoms with E-state index in [0.29, 0.717) is 0 Å². The van der Waals surface area contributed by atoms with Gasteiger partial charge in [-0.2, -0.15) is 0 Å². The minimum absolute atomic E-state index is 0.784. The normalized spacial score (nSPS) is 25.8. The van der Waals surface area contributed by atoms with Gasteiger partial charge in [-0.3, -0.25) is 0 Å².